The monoisotopic (exact) mass is 259 g/mol. The lowest BCUT2D eigenvalue weighted by Crippen LogP contribution is -2.19. The minimum Gasteiger partial charge on any atom is -0.376 e. The lowest BCUT2D eigenvalue weighted by molar-refractivity contribution is 0.0246. The Morgan fingerprint density at radius 2 is 2.00 bits per heavy atom. The number of fused-ring (bicyclic) bond motifs is 1. The van der Waals surface area contributed by atoms with Crippen molar-refractivity contribution < 1.29 is 4.74 Å². The minimum atomic E-state index is 0.449. The van der Waals surface area contributed by atoms with Gasteiger partial charge >= 0.3 is 0 Å². The summed E-state index contributed by atoms with van der Waals surface area (Å²) in [5.41, 5.74) is 8.02. The zero-order valence-electron chi connectivity index (χ0n) is 11.2. The van der Waals surface area contributed by atoms with Crippen LogP contribution in [0.4, 0.5) is 5.95 Å². The summed E-state index contributed by atoms with van der Waals surface area (Å²) in [6, 6.07) is 8.04. The van der Waals surface area contributed by atoms with Crippen molar-refractivity contribution in [1.82, 2.24) is 9.55 Å². The van der Waals surface area contributed by atoms with E-state index in [2.05, 4.69) is 11.1 Å². The maximum absolute atomic E-state index is 5.97. The molecular weight excluding hydrogens is 238 g/mol. The highest BCUT2D eigenvalue weighted by Crippen LogP contribution is 2.21. The molecule has 1 aliphatic carbocycles. The molecule has 2 aromatic rings. The summed E-state index contributed by atoms with van der Waals surface area (Å²) >= 11 is 0. The number of rotatable bonds is 4. The second-order valence-corrected chi connectivity index (χ2v) is 5.24. The molecule has 102 valence electrons. The van der Waals surface area contributed by atoms with Crippen LogP contribution in [-0.2, 0) is 11.3 Å². The SMILES string of the molecule is Nc1nc2ccccc2n1CCOC1CCCCC1. The molecule has 1 fully saturated rings. The van der Waals surface area contributed by atoms with Crippen molar-refractivity contribution in [2.24, 2.45) is 0 Å². The van der Waals surface area contributed by atoms with Gasteiger partial charge in [-0.25, -0.2) is 4.98 Å². The fourth-order valence-electron chi connectivity index (χ4n) is 2.87. The third-order valence-corrected chi connectivity index (χ3v) is 3.90. The fraction of sp³-hybridized carbons (Fsp3) is 0.533. The molecule has 0 spiro atoms. The third-order valence-electron chi connectivity index (χ3n) is 3.90. The average molecular weight is 259 g/mol. The summed E-state index contributed by atoms with van der Waals surface area (Å²) in [5, 5.41) is 0. The van der Waals surface area contributed by atoms with E-state index < -0.39 is 0 Å². The fourth-order valence-corrected chi connectivity index (χ4v) is 2.87. The standard InChI is InChI=1S/C15H21N3O/c16-15-17-13-8-4-5-9-14(13)18(15)10-11-19-12-6-2-1-3-7-12/h4-5,8-9,12H,1-3,6-7,10-11H2,(H2,16,17). The molecule has 1 aliphatic rings. The smallest absolute Gasteiger partial charge is 0.201 e. The summed E-state index contributed by atoms with van der Waals surface area (Å²) in [4.78, 5) is 4.36. The molecule has 4 nitrogen and oxygen atoms in total. The number of benzene rings is 1. The zero-order valence-corrected chi connectivity index (χ0v) is 11.2. The number of nitrogen functional groups attached to an aromatic ring is 1. The Morgan fingerprint density at radius 1 is 1.21 bits per heavy atom. The van der Waals surface area contributed by atoms with E-state index >= 15 is 0 Å². The molecule has 19 heavy (non-hydrogen) atoms. The highest BCUT2D eigenvalue weighted by Gasteiger charge is 2.14. The van der Waals surface area contributed by atoms with Crippen molar-refractivity contribution in [1.29, 1.82) is 0 Å². The van der Waals surface area contributed by atoms with Crippen molar-refractivity contribution in [2.75, 3.05) is 12.3 Å². The molecule has 0 saturated heterocycles. The molecule has 0 aliphatic heterocycles. The number of anilines is 1. The molecule has 0 amide bonds. The summed E-state index contributed by atoms with van der Waals surface area (Å²) < 4.78 is 8.00. The molecule has 2 N–H and O–H groups in total. The number of nitrogens with two attached hydrogens (primary N) is 1. The van der Waals surface area contributed by atoms with Crippen LogP contribution in [0.3, 0.4) is 0 Å². The van der Waals surface area contributed by atoms with E-state index in [-0.39, 0.29) is 0 Å². The first-order valence-electron chi connectivity index (χ1n) is 7.17. The van der Waals surface area contributed by atoms with Crippen LogP contribution in [-0.4, -0.2) is 22.3 Å². The Hall–Kier alpha value is -1.55. The topological polar surface area (TPSA) is 53.1 Å². The van der Waals surface area contributed by atoms with E-state index in [9.17, 15) is 0 Å². The first kappa shape index (κ1) is 12.5. The van der Waals surface area contributed by atoms with Crippen LogP contribution in [0.15, 0.2) is 24.3 Å². The van der Waals surface area contributed by atoms with Gasteiger partial charge in [0.05, 0.1) is 23.7 Å². The van der Waals surface area contributed by atoms with Crippen molar-refractivity contribution in [3.05, 3.63) is 24.3 Å². The van der Waals surface area contributed by atoms with E-state index in [1.165, 1.54) is 32.1 Å². The van der Waals surface area contributed by atoms with Gasteiger partial charge in [0.2, 0.25) is 5.95 Å². The van der Waals surface area contributed by atoms with Crippen molar-refractivity contribution in [3.8, 4) is 0 Å². The van der Waals surface area contributed by atoms with Crippen LogP contribution < -0.4 is 5.73 Å². The van der Waals surface area contributed by atoms with Crippen LogP contribution >= 0.6 is 0 Å². The van der Waals surface area contributed by atoms with Crippen molar-refractivity contribution >= 4 is 17.0 Å². The average Bonchev–Trinajstić information content (AvgIpc) is 2.76. The van der Waals surface area contributed by atoms with Crippen LogP contribution in [0.25, 0.3) is 11.0 Å². The molecule has 1 aromatic carbocycles. The maximum atomic E-state index is 5.97. The van der Waals surface area contributed by atoms with Gasteiger partial charge in [-0.3, -0.25) is 0 Å². The number of imidazole rings is 1. The zero-order chi connectivity index (χ0) is 13.1. The van der Waals surface area contributed by atoms with E-state index in [4.69, 9.17) is 10.5 Å². The molecule has 0 atom stereocenters. The Labute approximate surface area is 113 Å². The number of para-hydroxylation sites is 2. The highest BCUT2D eigenvalue weighted by molar-refractivity contribution is 5.78. The van der Waals surface area contributed by atoms with Gasteiger partial charge < -0.3 is 15.0 Å². The number of nitrogens with zero attached hydrogens (tertiary/aromatic N) is 2. The summed E-state index contributed by atoms with van der Waals surface area (Å²) in [7, 11) is 0. The quantitative estimate of drug-likeness (QED) is 0.918. The number of aromatic nitrogens is 2. The lowest BCUT2D eigenvalue weighted by Gasteiger charge is -2.22. The van der Waals surface area contributed by atoms with Gasteiger partial charge in [-0.2, -0.15) is 0 Å². The Balaban J connectivity index is 1.63. The molecule has 0 radical (unpaired) electrons. The Bertz CT molecular complexity index is 543. The van der Waals surface area contributed by atoms with Gasteiger partial charge in [-0.1, -0.05) is 31.4 Å². The van der Waals surface area contributed by atoms with Gasteiger partial charge in [0.15, 0.2) is 0 Å². The van der Waals surface area contributed by atoms with Gasteiger partial charge in [0.25, 0.3) is 0 Å². The molecule has 3 rings (SSSR count). The summed E-state index contributed by atoms with van der Waals surface area (Å²) in [6.07, 6.45) is 6.84. The normalized spacial score (nSPS) is 17.1. The first-order chi connectivity index (χ1) is 9.34. The van der Waals surface area contributed by atoms with Crippen LogP contribution in [0.2, 0.25) is 0 Å². The van der Waals surface area contributed by atoms with Crippen LogP contribution in [0.5, 0.6) is 0 Å². The molecule has 4 heteroatoms. The van der Waals surface area contributed by atoms with Crippen LogP contribution in [0, 0.1) is 0 Å². The summed E-state index contributed by atoms with van der Waals surface area (Å²) in [5.74, 6) is 0.577. The van der Waals surface area contributed by atoms with E-state index in [0.717, 1.165) is 24.2 Å². The van der Waals surface area contributed by atoms with E-state index in [0.29, 0.717) is 12.1 Å². The van der Waals surface area contributed by atoms with Crippen molar-refractivity contribution in [3.63, 3.8) is 0 Å². The van der Waals surface area contributed by atoms with Gasteiger partial charge in [-0.15, -0.1) is 0 Å². The Kier molecular flexibility index (Phi) is 3.69. The first-order valence-corrected chi connectivity index (χ1v) is 7.17. The molecule has 1 saturated carbocycles. The van der Waals surface area contributed by atoms with Gasteiger partial charge in [0.1, 0.15) is 0 Å². The largest absolute Gasteiger partial charge is 0.376 e. The molecule has 1 heterocycles. The predicted molar refractivity (Wildman–Crippen MR) is 77.0 cm³/mol. The van der Waals surface area contributed by atoms with E-state index in [1.54, 1.807) is 0 Å². The minimum absolute atomic E-state index is 0.449. The number of hydrogen-bond acceptors (Lipinski definition) is 3. The number of ether oxygens (including phenoxy) is 1. The lowest BCUT2D eigenvalue weighted by atomic mass is 9.98. The Morgan fingerprint density at radius 3 is 2.84 bits per heavy atom. The molecular formula is C15H21N3O. The van der Waals surface area contributed by atoms with Crippen molar-refractivity contribution in [2.45, 2.75) is 44.8 Å². The number of hydrogen-bond donors (Lipinski definition) is 1. The second kappa shape index (κ2) is 5.61. The maximum Gasteiger partial charge on any atom is 0.201 e. The third kappa shape index (κ3) is 2.73. The second-order valence-electron chi connectivity index (χ2n) is 5.24. The molecule has 0 unspecified atom stereocenters. The molecule has 0 bridgehead atoms. The predicted octanol–water partition coefficient (Wildman–Crippen LogP) is 2.97. The highest BCUT2D eigenvalue weighted by atomic mass is 16.5. The molecule has 1 aromatic heterocycles. The summed E-state index contributed by atoms with van der Waals surface area (Å²) in [6.45, 7) is 1.50. The van der Waals surface area contributed by atoms with E-state index in [1.807, 2.05) is 22.8 Å². The van der Waals surface area contributed by atoms with Crippen LogP contribution in [0.1, 0.15) is 32.1 Å². The van der Waals surface area contributed by atoms with Gasteiger partial charge in [-0.05, 0) is 25.0 Å². The van der Waals surface area contributed by atoms with Gasteiger partial charge in [0, 0.05) is 6.54 Å².